The number of nitrogens with one attached hydrogen (secondary N) is 1. The summed E-state index contributed by atoms with van der Waals surface area (Å²) in [4.78, 5) is 2.14. The summed E-state index contributed by atoms with van der Waals surface area (Å²) < 4.78 is 0. The molecule has 0 spiro atoms. The number of hydrogen-bond donors (Lipinski definition) is 2. The normalized spacial score (nSPS) is 12.2. The van der Waals surface area contributed by atoms with Crippen molar-refractivity contribution in [3.63, 3.8) is 0 Å². The molecule has 1 aromatic rings. The maximum Gasteiger partial charge on any atom is 0.101 e. The van der Waals surface area contributed by atoms with Crippen LogP contribution in [0.1, 0.15) is 12.5 Å². The minimum atomic E-state index is 0.442. The summed E-state index contributed by atoms with van der Waals surface area (Å²) >= 11 is 0. The lowest BCUT2D eigenvalue weighted by atomic mass is 10.2. The highest BCUT2D eigenvalue weighted by molar-refractivity contribution is 5.62. The second-order valence-electron chi connectivity index (χ2n) is 4.11. The fourth-order valence-electron chi connectivity index (χ4n) is 1.22. The Bertz CT molecular complexity index is 392. The van der Waals surface area contributed by atoms with Crippen molar-refractivity contribution >= 4 is 11.4 Å². The molecule has 1 atom stereocenters. The summed E-state index contributed by atoms with van der Waals surface area (Å²) in [5, 5.41) is 12.0. The first kappa shape index (κ1) is 12.3. The van der Waals surface area contributed by atoms with Crippen LogP contribution in [0, 0.1) is 11.3 Å². The van der Waals surface area contributed by atoms with E-state index < -0.39 is 0 Å². The quantitative estimate of drug-likeness (QED) is 0.752. The summed E-state index contributed by atoms with van der Waals surface area (Å²) in [5.74, 6) is 0. The van der Waals surface area contributed by atoms with Crippen LogP contribution in [-0.2, 0) is 0 Å². The van der Waals surface area contributed by atoms with Gasteiger partial charge in [-0.3, -0.25) is 0 Å². The van der Waals surface area contributed by atoms with E-state index in [1.807, 2.05) is 26.2 Å². The van der Waals surface area contributed by atoms with Gasteiger partial charge in [-0.25, -0.2) is 0 Å². The van der Waals surface area contributed by atoms with Crippen molar-refractivity contribution in [2.24, 2.45) is 0 Å². The Kier molecular flexibility index (Phi) is 4.15. The first-order valence-electron chi connectivity index (χ1n) is 5.24. The highest BCUT2D eigenvalue weighted by Crippen LogP contribution is 2.17. The van der Waals surface area contributed by atoms with Gasteiger partial charge in [-0.1, -0.05) is 0 Å². The molecule has 0 heterocycles. The third-order valence-corrected chi connectivity index (χ3v) is 2.66. The van der Waals surface area contributed by atoms with Crippen LogP contribution in [0.25, 0.3) is 0 Å². The summed E-state index contributed by atoms with van der Waals surface area (Å²) in [7, 11) is 4.08. The van der Waals surface area contributed by atoms with E-state index in [1.54, 1.807) is 12.1 Å². The Morgan fingerprint density at radius 3 is 2.69 bits per heavy atom. The largest absolute Gasteiger partial charge is 0.398 e. The van der Waals surface area contributed by atoms with Crippen molar-refractivity contribution in [2.45, 2.75) is 13.0 Å². The molecule has 1 aromatic carbocycles. The molecule has 0 aliphatic rings. The Morgan fingerprint density at radius 1 is 1.50 bits per heavy atom. The third kappa shape index (κ3) is 3.14. The Balaban J connectivity index is 2.63. The first-order chi connectivity index (χ1) is 7.54. The molecule has 0 radical (unpaired) electrons. The molecule has 0 saturated carbocycles. The third-order valence-electron chi connectivity index (χ3n) is 2.66. The summed E-state index contributed by atoms with van der Waals surface area (Å²) in [6.45, 7) is 2.98. The van der Waals surface area contributed by atoms with Crippen LogP contribution in [0.15, 0.2) is 18.2 Å². The smallest absolute Gasteiger partial charge is 0.101 e. The van der Waals surface area contributed by atoms with Gasteiger partial charge in [0.2, 0.25) is 0 Å². The molecular formula is C12H18N4. The van der Waals surface area contributed by atoms with Crippen molar-refractivity contribution < 1.29 is 0 Å². The molecule has 1 rings (SSSR count). The fourth-order valence-corrected chi connectivity index (χ4v) is 1.22. The van der Waals surface area contributed by atoms with Crippen LogP contribution in [0.5, 0.6) is 0 Å². The van der Waals surface area contributed by atoms with Gasteiger partial charge in [-0.15, -0.1) is 0 Å². The molecule has 0 fully saturated rings. The Hall–Kier alpha value is -1.73. The average Bonchev–Trinajstić information content (AvgIpc) is 2.25. The molecule has 4 heteroatoms. The van der Waals surface area contributed by atoms with E-state index in [9.17, 15) is 0 Å². The average molecular weight is 218 g/mol. The highest BCUT2D eigenvalue weighted by atomic mass is 15.1. The minimum Gasteiger partial charge on any atom is -0.398 e. The van der Waals surface area contributed by atoms with Crippen molar-refractivity contribution in [3.8, 4) is 6.07 Å². The van der Waals surface area contributed by atoms with Gasteiger partial charge < -0.3 is 16.0 Å². The van der Waals surface area contributed by atoms with E-state index in [-0.39, 0.29) is 0 Å². The lowest BCUT2D eigenvalue weighted by molar-refractivity contribution is 0.326. The Labute approximate surface area is 96.7 Å². The zero-order chi connectivity index (χ0) is 12.1. The molecule has 16 heavy (non-hydrogen) atoms. The number of nitrogens with zero attached hydrogens (tertiary/aromatic N) is 2. The van der Waals surface area contributed by atoms with Gasteiger partial charge in [-0.05, 0) is 39.2 Å². The van der Waals surface area contributed by atoms with Gasteiger partial charge >= 0.3 is 0 Å². The molecule has 0 amide bonds. The van der Waals surface area contributed by atoms with Crippen molar-refractivity contribution in [2.75, 3.05) is 31.7 Å². The van der Waals surface area contributed by atoms with Crippen LogP contribution >= 0.6 is 0 Å². The first-order valence-corrected chi connectivity index (χ1v) is 5.24. The van der Waals surface area contributed by atoms with E-state index in [0.29, 0.717) is 17.3 Å². The number of nitrogens with two attached hydrogens (primary N) is 1. The minimum absolute atomic E-state index is 0.442. The van der Waals surface area contributed by atoms with Crippen LogP contribution < -0.4 is 11.1 Å². The predicted octanol–water partition coefficient (Wildman–Crippen LogP) is 1.50. The van der Waals surface area contributed by atoms with Crippen molar-refractivity contribution in [3.05, 3.63) is 23.8 Å². The van der Waals surface area contributed by atoms with Gasteiger partial charge in [-0.2, -0.15) is 5.26 Å². The van der Waals surface area contributed by atoms with E-state index in [4.69, 9.17) is 11.0 Å². The van der Waals surface area contributed by atoms with Gasteiger partial charge in [0.15, 0.2) is 0 Å². The number of hydrogen-bond acceptors (Lipinski definition) is 4. The maximum atomic E-state index is 8.74. The second kappa shape index (κ2) is 5.38. The van der Waals surface area contributed by atoms with Crippen molar-refractivity contribution in [1.29, 1.82) is 5.26 Å². The lowest BCUT2D eigenvalue weighted by Crippen LogP contribution is -2.31. The van der Waals surface area contributed by atoms with Crippen LogP contribution in [0.3, 0.4) is 0 Å². The number of rotatable bonds is 4. The number of nitriles is 1. The van der Waals surface area contributed by atoms with Crippen LogP contribution in [-0.4, -0.2) is 31.6 Å². The summed E-state index contributed by atoms with van der Waals surface area (Å²) in [6.07, 6.45) is 0. The lowest BCUT2D eigenvalue weighted by Gasteiger charge is -2.20. The van der Waals surface area contributed by atoms with E-state index in [2.05, 4.69) is 17.1 Å². The Morgan fingerprint density at radius 2 is 2.19 bits per heavy atom. The van der Waals surface area contributed by atoms with Gasteiger partial charge in [0.1, 0.15) is 6.07 Å². The number of anilines is 2. The fraction of sp³-hybridized carbons (Fsp3) is 0.417. The van der Waals surface area contributed by atoms with Gasteiger partial charge in [0, 0.05) is 18.3 Å². The van der Waals surface area contributed by atoms with Crippen LogP contribution in [0.4, 0.5) is 11.4 Å². The standard InChI is InChI=1S/C12H18N4/c1-9(16(2)3)8-15-11-5-4-10(7-13)12(14)6-11/h4-6,9,15H,8,14H2,1-3H3. The summed E-state index contributed by atoms with van der Waals surface area (Å²) in [6, 6.07) is 7.89. The zero-order valence-corrected chi connectivity index (χ0v) is 9.99. The molecule has 4 nitrogen and oxygen atoms in total. The maximum absolute atomic E-state index is 8.74. The number of benzene rings is 1. The van der Waals surface area contributed by atoms with Crippen LogP contribution in [0.2, 0.25) is 0 Å². The number of likely N-dealkylation sites (N-methyl/N-ethyl adjacent to an activating group) is 1. The van der Waals surface area contributed by atoms with Gasteiger partial charge in [0.05, 0.1) is 11.3 Å². The molecule has 0 bridgehead atoms. The molecule has 0 saturated heterocycles. The molecule has 0 aliphatic carbocycles. The topological polar surface area (TPSA) is 65.1 Å². The highest BCUT2D eigenvalue weighted by Gasteiger charge is 2.04. The predicted molar refractivity (Wildman–Crippen MR) is 67.2 cm³/mol. The monoisotopic (exact) mass is 218 g/mol. The SMILES string of the molecule is CC(CNc1ccc(C#N)c(N)c1)N(C)C. The molecule has 1 unspecified atom stereocenters. The molecule has 0 aromatic heterocycles. The zero-order valence-electron chi connectivity index (χ0n) is 9.99. The number of nitrogen functional groups attached to an aromatic ring is 1. The molecule has 86 valence electrons. The molecular weight excluding hydrogens is 200 g/mol. The summed E-state index contributed by atoms with van der Waals surface area (Å²) in [5.41, 5.74) is 7.71. The second-order valence-corrected chi connectivity index (χ2v) is 4.11. The molecule has 3 N–H and O–H groups in total. The van der Waals surface area contributed by atoms with E-state index in [1.165, 1.54) is 0 Å². The van der Waals surface area contributed by atoms with E-state index >= 15 is 0 Å². The van der Waals surface area contributed by atoms with E-state index in [0.717, 1.165) is 12.2 Å². The molecule has 0 aliphatic heterocycles. The van der Waals surface area contributed by atoms with Gasteiger partial charge in [0.25, 0.3) is 0 Å². The van der Waals surface area contributed by atoms with Crippen molar-refractivity contribution in [1.82, 2.24) is 4.90 Å².